The van der Waals surface area contributed by atoms with Crippen LogP contribution in [0.4, 0.5) is 11.6 Å². The molecule has 0 fully saturated rings. The van der Waals surface area contributed by atoms with E-state index in [0.717, 1.165) is 10.0 Å². The number of carbonyl (C=O) groups is 1. The lowest BCUT2D eigenvalue weighted by molar-refractivity contribution is 0.102. The van der Waals surface area contributed by atoms with Gasteiger partial charge in [0.25, 0.3) is 5.91 Å². The van der Waals surface area contributed by atoms with Crippen LogP contribution in [0.2, 0.25) is 0 Å². The highest BCUT2D eigenvalue weighted by Gasteiger charge is 2.09. The highest BCUT2D eigenvalue weighted by Crippen LogP contribution is 2.16. The van der Waals surface area contributed by atoms with E-state index in [1.807, 2.05) is 36.4 Å². The second kappa shape index (κ2) is 7.65. The molecule has 2 aromatic heterocycles. The largest absolute Gasteiger partial charge is 0.350 e. The van der Waals surface area contributed by atoms with Crippen LogP contribution in [0.1, 0.15) is 16.1 Å². The number of pyridine rings is 1. The summed E-state index contributed by atoms with van der Waals surface area (Å²) in [5.74, 6) is 0.108. The van der Waals surface area contributed by atoms with Gasteiger partial charge in [-0.15, -0.1) is 0 Å². The van der Waals surface area contributed by atoms with Gasteiger partial charge in [0.15, 0.2) is 0 Å². The van der Waals surface area contributed by atoms with Crippen LogP contribution >= 0.6 is 15.9 Å². The molecule has 120 valence electrons. The standard InChI is InChI=1S/C17H14BrN5O/c18-13-2-1-3-14(10-13)22-16(24)15-6-9-20-17(23-15)21-11-12-4-7-19-8-5-12/h1-10H,11H2,(H,22,24)(H,20,21,23). The molecule has 7 heteroatoms. The minimum absolute atomic E-state index is 0.289. The van der Waals surface area contributed by atoms with Crippen LogP contribution in [0, 0.1) is 0 Å². The Hall–Kier alpha value is -2.80. The summed E-state index contributed by atoms with van der Waals surface area (Å²) in [5.41, 5.74) is 2.04. The molecule has 0 radical (unpaired) electrons. The van der Waals surface area contributed by atoms with E-state index in [-0.39, 0.29) is 5.91 Å². The van der Waals surface area contributed by atoms with E-state index in [9.17, 15) is 4.79 Å². The molecular formula is C17H14BrN5O. The van der Waals surface area contributed by atoms with Gasteiger partial charge in [0.1, 0.15) is 5.69 Å². The Morgan fingerprint density at radius 3 is 2.71 bits per heavy atom. The van der Waals surface area contributed by atoms with Gasteiger partial charge in [0.05, 0.1) is 0 Å². The number of hydrogen-bond donors (Lipinski definition) is 2. The van der Waals surface area contributed by atoms with Gasteiger partial charge in [0, 0.05) is 35.3 Å². The van der Waals surface area contributed by atoms with E-state index in [1.165, 1.54) is 0 Å². The van der Waals surface area contributed by atoms with Crippen LogP contribution in [0.15, 0.2) is 65.5 Å². The van der Waals surface area contributed by atoms with Gasteiger partial charge in [-0.1, -0.05) is 22.0 Å². The summed E-state index contributed by atoms with van der Waals surface area (Å²) in [5, 5.41) is 5.90. The van der Waals surface area contributed by atoms with E-state index in [0.29, 0.717) is 23.9 Å². The lowest BCUT2D eigenvalue weighted by Crippen LogP contribution is -2.15. The third kappa shape index (κ3) is 4.36. The van der Waals surface area contributed by atoms with Crippen molar-refractivity contribution < 1.29 is 4.79 Å². The van der Waals surface area contributed by atoms with Gasteiger partial charge in [-0.25, -0.2) is 9.97 Å². The van der Waals surface area contributed by atoms with Gasteiger partial charge < -0.3 is 10.6 Å². The SMILES string of the molecule is O=C(Nc1cccc(Br)c1)c1ccnc(NCc2ccncc2)n1. The molecule has 0 aliphatic carbocycles. The maximum absolute atomic E-state index is 12.3. The van der Waals surface area contributed by atoms with E-state index in [2.05, 4.69) is 41.5 Å². The van der Waals surface area contributed by atoms with E-state index >= 15 is 0 Å². The van der Waals surface area contributed by atoms with Crippen molar-refractivity contribution in [3.05, 3.63) is 76.8 Å². The van der Waals surface area contributed by atoms with E-state index in [4.69, 9.17) is 0 Å². The van der Waals surface area contributed by atoms with Crippen molar-refractivity contribution in [2.45, 2.75) is 6.54 Å². The number of nitrogens with zero attached hydrogens (tertiary/aromatic N) is 3. The van der Waals surface area contributed by atoms with Gasteiger partial charge in [0.2, 0.25) is 5.95 Å². The molecular weight excluding hydrogens is 370 g/mol. The molecule has 0 aliphatic heterocycles. The first kappa shape index (κ1) is 16.1. The second-order valence-corrected chi connectivity index (χ2v) is 5.85. The van der Waals surface area contributed by atoms with Crippen LogP contribution in [0.25, 0.3) is 0 Å². The monoisotopic (exact) mass is 383 g/mol. The third-order valence-electron chi connectivity index (χ3n) is 3.17. The average Bonchev–Trinajstić information content (AvgIpc) is 2.61. The third-order valence-corrected chi connectivity index (χ3v) is 3.66. The van der Waals surface area contributed by atoms with Crippen molar-refractivity contribution in [1.29, 1.82) is 0 Å². The fourth-order valence-electron chi connectivity index (χ4n) is 2.01. The number of hydrogen-bond acceptors (Lipinski definition) is 5. The minimum atomic E-state index is -0.289. The summed E-state index contributed by atoms with van der Waals surface area (Å²) in [4.78, 5) is 24.6. The molecule has 24 heavy (non-hydrogen) atoms. The quantitative estimate of drug-likeness (QED) is 0.704. The zero-order valence-corrected chi connectivity index (χ0v) is 14.2. The number of benzene rings is 1. The fraction of sp³-hybridized carbons (Fsp3) is 0.0588. The number of nitrogens with one attached hydrogen (secondary N) is 2. The molecule has 0 bridgehead atoms. The maximum atomic E-state index is 12.3. The molecule has 2 N–H and O–H groups in total. The molecule has 1 amide bonds. The van der Waals surface area contributed by atoms with Crippen molar-refractivity contribution in [3.63, 3.8) is 0 Å². The van der Waals surface area contributed by atoms with E-state index < -0.39 is 0 Å². The van der Waals surface area contributed by atoms with Crippen molar-refractivity contribution in [2.24, 2.45) is 0 Å². The number of aromatic nitrogens is 3. The zero-order valence-electron chi connectivity index (χ0n) is 12.6. The summed E-state index contributed by atoms with van der Waals surface area (Å²) in [6, 6.07) is 12.7. The van der Waals surface area contributed by atoms with Gasteiger partial charge in [-0.2, -0.15) is 0 Å². The summed E-state index contributed by atoms with van der Waals surface area (Å²) in [7, 11) is 0. The van der Waals surface area contributed by atoms with Crippen LogP contribution in [-0.2, 0) is 6.54 Å². The number of carbonyl (C=O) groups excluding carboxylic acids is 1. The number of rotatable bonds is 5. The first-order valence-electron chi connectivity index (χ1n) is 7.23. The summed E-state index contributed by atoms with van der Waals surface area (Å²) in [6.45, 7) is 0.555. The molecule has 2 heterocycles. The Bertz CT molecular complexity index is 841. The molecule has 1 aromatic carbocycles. The Balaban J connectivity index is 1.67. The zero-order chi connectivity index (χ0) is 16.8. The average molecular weight is 384 g/mol. The molecule has 0 spiro atoms. The maximum Gasteiger partial charge on any atom is 0.274 e. The fourth-order valence-corrected chi connectivity index (χ4v) is 2.41. The molecule has 0 atom stereocenters. The predicted molar refractivity (Wildman–Crippen MR) is 95.7 cm³/mol. The summed E-state index contributed by atoms with van der Waals surface area (Å²) < 4.78 is 0.891. The summed E-state index contributed by atoms with van der Waals surface area (Å²) in [6.07, 6.45) is 5.00. The Kier molecular flexibility index (Phi) is 5.12. The molecule has 6 nitrogen and oxygen atoms in total. The molecule has 3 rings (SSSR count). The number of amides is 1. The van der Waals surface area contributed by atoms with Gasteiger partial charge in [-0.3, -0.25) is 9.78 Å². The summed E-state index contributed by atoms with van der Waals surface area (Å²) >= 11 is 3.37. The first-order valence-corrected chi connectivity index (χ1v) is 8.03. The Morgan fingerprint density at radius 1 is 1.08 bits per heavy atom. The van der Waals surface area contributed by atoms with Gasteiger partial charge in [-0.05, 0) is 42.0 Å². The molecule has 0 saturated heterocycles. The van der Waals surface area contributed by atoms with Crippen LogP contribution < -0.4 is 10.6 Å². The minimum Gasteiger partial charge on any atom is -0.350 e. The predicted octanol–water partition coefficient (Wildman–Crippen LogP) is 3.50. The highest BCUT2D eigenvalue weighted by atomic mass is 79.9. The van der Waals surface area contributed by atoms with Crippen LogP contribution in [0.5, 0.6) is 0 Å². The lowest BCUT2D eigenvalue weighted by Gasteiger charge is -2.07. The lowest BCUT2D eigenvalue weighted by atomic mass is 10.3. The van der Waals surface area contributed by atoms with Crippen molar-refractivity contribution in [2.75, 3.05) is 10.6 Å². The first-order chi connectivity index (χ1) is 11.7. The highest BCUT2D eigenvalue weighted by molar-refractivity contribution is 9.10. The second-order valence-electron chi connectivity index (χ2n) is 4.94. The molecule has 0 unspecified atom stereocenters. The van der Waals surface area contributed by atoms with Crippen molar-refractivity contribution >= 4 is 33.5 Å². The van der Waals surface area contributed by atoms with Crippen LogP contribution in [0.3, 0.4) is 0 Å². The number of anilines is 2. The Labute approximate surface area is 147 Å². The van der Waals surface area contributed by atoms with Crippen LogP contribution in [-0.4, -0.2) is 20.9 Å². The Morgan fingerprint density at radius 2 is 1.92 bits per heavy atom. The molecule has 0 saturated carbocycles. The van der Waals surface area contributed by atoms with Crippen molar-refractivity contribution in [3.8, 4) is 0 Å². The number of halogens is 1. The topological polar surface area (TPSA) is 79.8 Å². The van der Waals surface area contributed by atoms with Crippen molar-refractivity contribution in [1.82, 2.24) is 15.0 Å². The van der Waals surface area contributed by atoms with Gasteiger partial charge >= 0.3 is 0 Å². The molecule has 0 aliphatic rings. The molecule has 3 aromatic rings. The normalized spacial score (nSPS) is 10.2. The smallest absolute Gasteiger partial charge is 0.274 e. The van der Waals surface area contributed by atoms with E-state index in [1.54, 1.807) is 24.7 Å².